The van der Waals surface area contributed by atoms with E-state index in [0.29, 0.717) is 37.4 Å². The monoisotopic (exact) mass is 439 g/mol. The quantitative estimate of drug-likeness (QED) is 0.490. The van der Waals surface area contributed by atoms with Gasteiger partial charge in [-0.25, -0.2) is 0 Å². The molecule has 2 aromatic rings. The van der Waals surface area contributed by atoms with Crippen molar-refractivity contribution < 1.29 is 19.4 Å². The van der Waals surface area contributed by atoms with Gasteiger partial charge in [-0.05, 0) is 43.1 Å². The number of aliphatic hydroxyl groups is 1. The summed E-state index contributed by atoms with van der Waals surface area (Å²) >= 11 is 0. The van der Waals surface area contributed by atoms with Crippen LogP contribution in [0.5, 0.6) is 5.75 Å². The summed E-state index contributed by atoms with van der Waals surface area (Å²) in [5.41, 5.74) is 8.45. The van der Waals surface area contributed by atoms with Gasteiger partial charge in [0, 0.05) is 38.2 Å². The van der Waals surface area contributed by atoms with Crippen LogP contribution in [0.3, 0.4) is 0 Å². The molecule has 0 fully saturated rings. The number of hydrogen-bond donors (Lipinski definition) is 2. The Labute approximate surface area is 189 Å². The lowest BCUT2D eigenvalue weighted by Gasteiger charge is -2.30. The molecule has 3 N–H and O–H groups in total. The Morgan fingerprint density at radius 2 is 1.97 bits per heavy atom. The molecule has 1 unspecified atom stereocenters. The van der Waals surface area contributed by atoms with Crippen molar-refractivity contribution in [2.45, 2.75) is 31.9 Å². The molecular formula is C25H33N3O4. The summed E-state index contributed by atoms with van der Waals surface area (Å²) in [6, 6.07) is 15.5. The number of carbonyl (C=O) groups is 2. The Hall–Kier alpha value is -2.74. The average molecular weight is 440 g/mol. The molecule has 172 valence electrons. The Kier molecular flexibility index (Phi) is 8.79. The molecule has 0 saturated carbocycles. The number of fused-ring (bicyclic) bond motifs is 1. The Balaban J connectivity index is 1.41. The molecule has 0 aliphatic carbocycles. The van der Waals surface area contributed by atoms with E-state index < -0.39 is 6.10 Å². The molecule has 1 aliphatic rings. The number of hydrogen-bond acceptors (Lipinski definition) is 6. The molecule has 0 saturated heterocycles. The van der Waals surface area contributed by atoms with E-state index in [0.717, 1.165) is 19.5 Å². The first-order valence-corrected chi connectivity index (χ1v) is 11.1. The van der Waals surface area contributed by atoms with Gasteiger partial charge in [0.15, 0.2) is 5.78 Å². The van der Waals surface area contributed by atoms with Crippen LogP contribution in [0.15, 0.2) is 48.5 Å². The molecule has 0 radical (unpaired) electrons. The van der Waals surface area contributed by atoms with E-state index in [-0.39, 0.29) is 24.7 Å². The number of Topliss-reactive ketones (excluding diaryl/α,β-unsaturated/α-hetero) is 1. The van der Waals surface area contributed by atoms with Crippen molar-refractivity contribution in [2.24, 2.45) is 5.73 Å². The highest BCUT2D eigenvalue weighted by molar-refractivity contribution is 5.96. The van der Waals surface area contributed by atoms with Crippen LogP contribution in [0.2, 0.25) is 0 Å². The third-order valence-corrected chi connectivity index (χ3v) is 5.71. The molecule has 1 amide bonds. The predicted octanol–water partition coefficient (Wildman–Crippen LogP) is 1.86. The maximum absolute atomic E-state index is 12.6. The number of likely N-dealkylation sites (N-methyl/N-ethyl adjacent to an activating group) is 1. The van der Waals surface area contributed by atoms with Crippen molar-refractivity contribution >= 4 is 11.7 Å². The van der Waals surface area contributed by atoms with Crippen LogP contribution in [0.4, 0.5) is 0 Å². The van der Waals surface area contributed by atoms with Gasteiger partial charge >= 0.3 is 0 Å². The number of amides is 1. The highest BCUT2D eigenvalue weighted by atomic mass is 16.5. The van der Waals surface area contributed by atoms with Crippen LogP contribution < -0.4 is 10.5 Å². The van der Waals surface area contributed by atoms with Crippen LogP contribution in [-0.2, 0) is 17.8 Å². The first kappa shape index (κ1) is 23.9. The molecule has 0 bridgehead atoms. The summed E-state index contributed by atoms with van der Waals surface area (Å²) in [6.45, 7) is 3.45. The minimum Gasteiger partial charge on any atom is -0.492 e. The smallest absolute Gasteiger partial charge is 0.231 e. The molecule has 1 heterocycles. The number of benzene rings is 2. The fourth-order valence-electron chi connectivity index (χ4n) is 3.97. The minimum absolute atomic E-state index is 0.00987. The number of rotatable bonds is 12. The second-order valence-electron chi connectivity index (χ2n) is 8.45. The molecule has 7 heteroatoms. The van der Waals surface area contributed by atoms with Gasteiger partial charge in [0.05, 0.1) is 12.6 Å². The Bertz CT molecular complexity index is 918. The molecule has 3 rings (SSSR count). The van der Waals surface area contributed by atoms with E-state index in [2.05, 4.69) is 29.2 Å². The number of primary amides is 1. The highest BCUT2D eigenvalue weighted by Gasteiger charge is 2.19. The van der Waals surface area contributed by atoms with Gasteiger partial charge in [-0.3, -0.25) is 19.4 Å². The number of ether oxygens (including phenoxy) is 1. The molecule has 1 atom stereocenters. The van der Waals surface area contributed by atoms with Crippen molar-refractivity contribution in [3.8, 4) is 5.75 Å². The van der Waals surface area contributed by atoms with Gasteiger partial charge in [-0.2, -0.15) is 0 Å². The average Bonchev–Trinajstić information content (AvgIpc) is 2.77. The first-order valence-electron chi connectivity index (χ1n) is 11.1. The van der Waals surface area contributed by atoms with Gasteiger partial charge in [0.2, 0.25) is 5.91 Å². The zero-order chi connectivity index (χ0) is 22.9. The van der Waals surface area contributed by atoms with E-state index in [1.807, 2.05) is 0 Å². The van der Waals surface area contributed by atoms with Crippen LogP contribution in [0, 0.1) is 0 Å². The number of nitrogens with zero attached hydrogens (tertiary/aromatic N) is 2. The second-order valence-corrected chi connectivity index (χ2v) is 8.45. The molecule has 0 aromatic heterocycles. The van der Waals surface area contributed by atoms with Gasteiger partial charge in [-0.15, -0.1) is 0 Å². The standard InChI is InChI=1S/C25H33N3O4/c1-27(18-25(26)31)13-14-32-23-8-4-7-20(15-23)24(30)10-9-22(29)17-28-12-11-19-5-2-3-6-21(19)16-28/h2-8,15,22,29H,9-14,16-18H2,1H3,(H2,26,31). The number of β-amino-alcohol motifs (C(OH)–C–C–N with tert-alkyl or cyclic N) is 1. The molecular weight excluding hydrogens is 406 g/mol. The van der Waals surface area contributed by atoms with E-state index >= 15 is 0 Å². The lowest BCUT2D eigenvalue weighted by molar-refractivity contribution is -0.118. The largest absolute Gasteiger partial charge is 0.492 e. The zero-order valence-electron chi connectivity index (χ0n) is 18.7. The SMILES string of the molecule is CN(CCOc1cccc(C(=O)CCC(O)CN2CCc3ccccc3C2)c1)CC(N)=O. The molecule has 32 heavy (non-hydrogen) atoms. The molecule has 7 nitrogen and oxygen atoms in total. The van der Waals surface area contributed by atoms with E-state index in [9.17, 15) is 14.7 Å². The first-order chi connectivity index (χ1) is 15.4. The van der Waals surface area contributed by atoms with Gasteiger partial charge < -0.3 is 15.6 Å². The maximum Gasteiger partial charge on any atom is 0.231 e. The summed E-state index contributed by atoms with van der Waals surface area (Å²) in [6.07, 6.45) is 1.17. The van der Waals surface area contributed by atoms with Crippen LogP contribution in [0.25, 0.3) is 0 Å². The topological polar surface area (TPSA) is 96.1 Å². The summed E-state index contributed by atoms with van der Waals surface area (Å²) in [7, 11) is 1.79. The normalized spacial score (nSPS) is 14.7. The van der Waals surface area contributed by atoms with E-state index in [1.54, 1.807) is 36.2 Å². The second kappa shape index (κ2) is 11.8. The van der Waals surface area contributed by atoms with Crippen LogP contribution in [0.1, 0.15) is 34.3 Å². The van der Waals surface area contributed by atoms with Crippen molar-refractivity contribution in [2.75, 3.05) is 39.8 Å². The van der Waals surface area contributed by atoms with Crippen molar-refractivity contribution in [1.82, 2.24) is 9.80 Å². The van der Waals surface area contributed by atoms with Crippen molar-refractivity contribution in [3.63, 3.8) is 0 Å². The number of nitrogens with two attached hydrogens (primary N) is 1. The number of aliphatic hydroxyl groups excluding tert-OH is 1. The van der Waals surface area contributed by atoms with Crippen molar-refractivity contribution in [1.29, 1.82) is 0 Å². The summed E-state index contributed by atoms with van der Waals surface area (Å²) in [5.74, 6) is 0.215. The van der Waals surface area contributed by atoms with Crippen LogP contribution in [-0.4, -0.2) is 72.5 Å². The minimum atomic E-state index is -0.538. The predicted molar refractivity (Wildman–Crippen MR) is 124 cm³/mol. The van der Waals surface area contributed by atoms with Crippen molar-refractivity contribution in [3.05, 3.63) is 65.2 Å². The molecule has 1 aliphatic heterocycles. The fraction of sp³-hybridized carbons (Fsp3) is 0.440. The lowest BCUT2D eigenvalue weighted by Crippen LogP contribution is -2.36. The number of carbonyl (C=O) groups excluding carboxylic acids is 2. The van der Waals surface area contributed by atoms with Gasteiger partial charge in [0.25, 0.3) is 0 Å². The fourth-order valence-corrected chi connectivity index (χ4v) is 3.97. The van der Waals surface area contributed by atoms with E-state index in [1.165, 1.54) is 11.1 Å². The van der Waals surface area contributed by atoms with E-state index in [4.69, 9.17) is 10.5 Å². The zero-order valence-corrected chi connectivity index (χ0v) is 18.7. The van der Waals surface area contributed by atoms with Gasteiger partial charge in [-0.1, -0.05) is 36.4 Å². The summed E-state index contributed by atoms with van der Waals surface area (Å²) < 4.78 is 5.70. The third kappa shape index (κ3) is 7.44. The molecule has 2 aromatic carbocycles. The maximum atomic E-state index is 12.6. The van der Waals surface area contributed by atoms with Gasteiger partial charge in [0.1, 0.15) is 12.4 Å². The lowest BCUT2D eigenvalue weighted by atomic mass is 9.99. The highest BCUT2D eigenvalue weighted by Crippen LogP contribution is 2.20. The Morgan fingerprint density at radius 1 is 1.19 bits per heavy atom. The summed E-state index contributed by atoms with van der Waals surface area (Å²) in [4.78, 5) is 27.6. The van der Waals surface area contributed by atoms with Crippen LogP contribution >= 0.6 is 0 Å². The third-order valence-electron chi connectivity index (χ3n) is 5.71. The number of ketones is 1. The Morgan fingerprint density at radius 3 is 2.75 bits per heavy atom. The summed E-state index contributed by atoms with van der Waals surface area (Å²) in [5, 5.41) is 10.5. The molecule has 0 spiro atoms.